The predicted molar refractivity (Wildman–Crippen MR) is 66.6 cm³/mol. The van der Waals surface area contributed by atoms with Crippen LogP contribution in [0.3, 0.4) is 0 Å². The third-order valence-corrected chi connectivity index (χ3v) is 4.06. The standard InChI is InChI=1S/C10H18N4O4S/c15-5-1-2-14-9-10(8-11-14)19(16,17)12-13-3-6-18-7-4-13/h8-9,12,15H,1-7H2. The van der Waals surface area contributed by atoms with Crippen LogP contribution in [-0.4, -0.2) is 61.2 Å². The van der Waals surface area contributed by atoms with Gasteiger partial charge in [0.05, 0.1) is 19.4 Å². The summed E-state index contributed by atoms with van der Waals surface area (Å²) >= 11 is 0. The molecule has 108 valence electrons. The normalized spacial score (nSPS) is 17.7. The van der Waals surface area contributed by atoms with Crippen LogP contribution in [0.5, 0.6) is 0 Å². The maximum atomic E-state index is 12.1. The predicted octanol–water partition coefficient (Wildman–Crippen LogP) is -1.21. The van der Waals surface area contributed by atoms with Gasteiger partial charge in [-0.3, -0.25) is 4.68 Å². The molecular formula is C10H18N4O4S. The number of aryl methyl sites for hydroxylation is 1. The van der Waals surface area contributed by atoms with E-state index in [1.165, 1.54) is 17.1 Å². The first kappa shape index (κ1) is 14.4. The first-order valence-electron chi connectivity index (χ1n) is 6.10. The Kier molecular flexibility index (Phi) is 4.88. The van der Waals surface area contributed by atoms with Crippen LogP contribution in [0.2, 0.25) is 0 Å². The summed E-state index contributed by atoms with van der Waals surface area (Å²) < 4.78 is 30.8. The molecule has 9 heteroatoms. The molecule has 0 spiro atoms. The number of nitrogens with zero attached hydrogens (tertiary/aromatic N) is 3. The summed E-state index contributed by atoms with van der Waals surface area (Å²) in [6.07, 6.45) is 3.30. The molecule has 2 N–H and O–H groups in total. The highest BCUT2D eigenvalue weighted by Crippen LogP contribution is 2.08. The van der Waals surface area contributed by atoms with Crippen LogP contribution < -0.4 is 4.83 Å². The van der Waals surface area contributed by atoms with Gasteiger partial charge in [0.25, 0.3) is 10.0 Å². The molecule has 2 rings (SSSR count). The number of hydrazine groups is 1. The van der Waals surface area contributed by atoms with Gasteiger partial charge in [-0.05, 0) is 6.42 Å². The SMILES string of the molecule is O=S(=O)(NN1CCOCC1)c1cnn(CCCO)c1. The van der Waals surface area contributed by atoms with Gasteiger partial charge < -0.3 is 9.84 Å². The molecule has 0 atom stereocenters. The molecular weight excluding hydrogens is 272 g/mol. The smallest absolute Gasteiger partial charge is 0.256 e. The van der Waals surface area contributed by atoms with E-state index in [1.807, 2.05) is 0 Å². The van der Waals surface area contributed by atoms with E-state index in [9.17, 15) is 8.42 Å². The Morgan fingerprint density at radius 1 is 1.42 bits per heavy atom. The molecule has 0 bridgehead atoms. The van der Waals surface area contributed by atoms with Crippen molar-refractivity contribution < 1.29 is 18.3 Å². The third-order valence-electron chi connectivity index (χ3n) is 2.73. The van der Waals surface area contributed by atoms with Gasteiger partial charge in [-0.2, -0.15) is 5.10 Å². The highest BCUT2D eigenvalue weighted by molar-refractivity contribution is 7.89. The number of hydrogen-bond acceptors (Lipinski definition) is 6. The lowest BCUT2D eigenvalue weighted by molar-refractivity contribution is 0.0272. The summed E-state index contributed by atoms with van der Waals surface area (Å²) in [4.78, 5) is 2.63. The minimum atomic E-state index is -3.59. The monoisotopic (exact) mass is 290 g/mol. The van der Waals surface area contributed by atoms with Gasteiger partial charge in [-0.15, -0.1) is 4.83 Å². The number of ether oxygens (including phenoxy) is 1. The van der Waals surface area contributed by atoms with Gasteiger partial charge in [-0.1, -0.05) is 0 Å². The Bertz CT molecular complexity index is 495. The first-order valence-corrected chi connectivity index (χ1v) is 7.58. The lowest BCUT2D eigenvalue weighted by Gasteiger charge is -2.26. The minimum absolute atomic E-state index is 0.0496. The summed E-state index contributed by atoms with van der Waals surface area (Å²) in [7, 11) is -3.59. The molecule has 0 unspecified atom stereocenters. The van der Waals surface area contributed by atoms with Gasteiger partial charge in [0.2, 0.25) is 0 Å². The lowest BCUT2D eigenvalue weighted by atomic mass is 10.5. The van der Waals surface area contributed by atoms with Crippen LogP contribution in [0.25, 0.3) is 0 Å². The average molecular weight is 290 g/mol. The van der Waals surface area contributed by atoms with E-state index < -0.39 is 10.0 Å². The molecule has 8 nitrogen and oxygen atoms in total. The Balaban J connectivity index is 1.99. The number of morpholine rings is 1. The van der Waals surface area contributed by atoms with Crippen molar-refractivity contribution in [2.75, 3.05) is 32.9 Å². The second kappa shape index (κ2) is 6.44. The third kappa shape index (κ3) is 3.98. The lowest BCUT2D eigenvalue weighted by Crippen LogP contribution is -2.48. The zero-order valence-corrected chi connectivity index (χ0v) is 11.3. The number of sulfonamides is 1. The van der Waals surface area contributed by atoms with Gasteiger partial charge in [-0.25, -0.2) is 13.4 Å². The van der Waals surface area contributed by atoms with Crippen molar-refractivity contribution >= 4 is 10.0 Å². The van der Waals surface area contributed by atoms with E-state index in [2.05, 4.69) is 9.93 Å². The molecule has 0 saturated carbocycles. The minimum Gasteiger partial charge on any atom is -0.396 e. The first-order chi connectivity index (χ1) is 9.12. The van der Waals surface area contributed by atoms with Crippen LogP contribution in [0.15, 0.2) is 17.3 Å². The zero-order valence-electron chi connectivity index (χ0n) is 10.5. The van der Waals surface area contributed by atoms with Crippen LogP contribution in [-0.2, 0) is 21.3 Å². The largest absolute Gasteiger partial charge is 0.396 e. The Hall–Kier alpha value is -1.00. The molecule has 1 fully saturated rings. The molecule has 2 heterocycles. The highest BCUT2D eigenvalue weighted by Gasteiger charge is 2.21. The molecule has 1 aromatic heterocycles. The summed E-state index contributed by atoms with van der Waals surface area (Å²) in [5.74, 6) is 0. The van der Waals surface area contributed by atoms with Crippen LogP contribution in [0.1, 0.15) is 6.42 Å². The van der Waals surface area contributed by atoms with Gasteiger partial charge >= 0.3 is 0 Å². The summed E-state index contributed by atoms with van der Waals surface area (Å²) in [5.41, 5.74) is 0. The molecule has 0 amide bonds. The van der Waals surface area contributed by atoms with E-state index in [0.29, 0.717) is 39.3 Å². The highest BCUT2D eigenvalue weighted by atomic mass is 32.2. The van der Waals surface area contributed by atoms with E-state index >= 15 is 0 Å². The molecule has 1 saturated heterocycles. The zero-order chi connectivity index (χ0) is 13.7. The molecule has 0 radical (unpaired) electrons. The molecule has 1 aliphatic rings. The average Bonchev–Trinajstić information content (AvgIpc) is 2.86. The second-order valence-corrected chi connectivity index (χ2v) is 5.87. The Morgan fingerprint density at radius 2 is 2.16 bits per heavy atom. The van der Waals surface area contributed by atoms with Crippen molar-refractivity contribution in [2.24, 2.45) is 0 Å². The molecule has 0 aliphatic carbocycles. The summed E-state index contributed by atoms with van der Waals surface area (Å²) in [6, 6.07) is 0. The maximum absolute atomic E-state index is 12.1. The van der Waals surface area contributed by atoms with Crippen LogP contribution >= 0.6 is 0 Å². The number of aliphatic hydroxyl groups excluding tert-OH is 1. The van der Waals surface area contributed by atoms with E-state index in [1.54, 1.807) is 5.01 Å². The number of rotatable bonds is 6. The number of nitrogens with one attached hydrogen (secondary N) is 1. The van der Waals surface area contributed by atoms with Gasteiger partial charge in [0.1, 0.15) is 4.90 Å². The fraction of sp³-hybridized carbons (Fsp3) is 0.700. The quantitative estimate of drug-likeness (QED) is 0.682. The number of aromatic nitrogens is 2. The van der Waals surface area contributed by atoms with Crippen molar-refractivity contribution in [2.45, 2.75) is 17.9 Å². The van der Waals surface area contributed by atoms with Crippen molar-refractivity contribution in [3.8, 4) is 0 Å². The van der Waals surface area contributed by atoms with E-state index in [0.717, 1.165) is 0 Å². The number of hydrogen-bond donors (Lipinski definition) is 2. The van der Waals surface area contributed by atoms with Crippen molar-refractivity contribution in [3.05, 3.63) is 12.4 Å². The fourth-order valence-corrected chi connectivity index (χ4v) is 2.79. The Morgan fingerprint density at radius 3 is 2.84 bits per heavy atom. The van der Waals surface area contributed by atoms with Gasteiger partial charge in [0.15, 0.2) is 0 Å². The summed E-state index contributed by atoms with van der Waals surface area (Å²) in [5, 5.41) is 14.3. The molecule has 19 heavy (non-hydrogen) atoms. The molecule has 1 aromatic rings. The van der Waals surface area contributed by atoms with Gasteiger partial charge in [0, 0.05) is 32.4 Å². The van der Waals surface area contributed by atoms with Crippen molar-refractivity contribution in [1.82, 2.24) is 19.6 Å². The van der Waals surface area contributed by atoms with Crippen LogP contribution in [0.4, 0.5) is 0 Å². The maximum Gasteiger partial charge on any atom is 0.256 e. The summed E-state index contributed by atoms with van der Waals surface area (Å²) in [6.45, 7) is 2.61. The molecule has 1 aliphatic heterocycles. The van der Waals surface area contributed by atoms with Crippen molar-refractivity contribution in [3.63, 3.8) is 0 Å². The fourth-order valence-electron chi connectivity index (χ4n) is 1.72. The second-order valence-electron chi connectivity index (χ2n) is 4.21. The molecule has 0 aromatic carbocycles. The van der Waals surface area contributed by atoms with E-state index in [-0.39, 0.29) is 11.5 Å². The van der Waals surface area contributed by atoms with Crippen molar-refractivity contribution in [1.29, 1.82) is 0 Å². The number of aliphatic hydroxyl groups is 1. The van der Waals surface area contributed by atoms with Crippen LogP contribution in [0, 0.1) is 0 Å². The Labute approximate surface area is 112 Å². The van der Waals surface area contributed by atoms with E-state index in [4.69, 9.17) is 9.84 Å². The topological polar surface area (TPSA) is 96.7 Å².